The molecule has 5 atom stereocenters. The number of methoxy groups -OCH3 is 3. The fourth-order valence-electron chi connectivity index (χ4n) is 5.28. The van der Waals surface area contributed by atoms with Crippen LogP contribution in [0.3, 0.4) is 0 Å². The lowest BCUT2D eigenvalue weighted by Gasteiger charge is -2.45. The van der Waals surface area contributed by atoms with Crippen molar-refractivity contribution in [3.05, 3.63) is 46.5 Å². The highest BCUT2D eigenvalue weighted by Crippen LogP contribution is 2.54. The van der Waals surface area contributed by atoms with Gasteiger partial charge < -0.3 is 30.0 Å². The number of carbonyl (C=O) groups excluding carboxylic acids is 2. The number of fused-ring (bicyclic) bond motifs is 1. The highest BCUT2D eigenvalue weighted by Gasteiger charge is 2.64. The molecule has 2 aromatic rings. The first-order valence-corrected chi connectivity index (χ1v) is 11.4. The summed E-state index contributed by atoms with van der Waals surface area (Å²) in [6, 6.07) is 7.98. The molecule has 1 aliphatic heterocycles. The maximum absolute atomic E-state index is 14.2. The number of carbonyl (C=O) groups is 2. The molecule has 3 N–H and O–H groups in total. The molecular weight excluding hydrogens is 460 g/mol. The molecule has 8 nitrogen and oxygen atoms in total. The van der Waals surface area contributed by atoms with Crippen molar-refractivity contribution in [2.24, 2.45) is 17.6 Å². The van der Waals surface area contributed by atoms with Crippen molar-refractivity contribution >= 4 is 23.2 Å². The third kappa shape index (κ3) is 3.43. The first kappa shape index (κ1) is 24.3. The largest absolute Gasteiger partial charge is 0.497 e. The Hall–Kier alpha value is -2.81. The molecule has 1 saturated carbocycles. The summed E-state index contributed by atoms with van der Waals surface area (Å²) >= 11 is 6.51. The lowest BCUT2D eigenvalue weighted by atomic mass is 9.63. The van der Waals surface area contributed by atoms with Crippen molar-refractivity contribution in [2.45, 2.75) is 31.0 Å². The Labute approximate surface area is 203 Å². The van der Waals surface area contributed by atoms with Gasteiger partial charge in [0, 0.05) is 24.1 Å². The topological polar surface area (TPSA) is 109 Å². The summed E-state index contributed by atoms with van der Waals surface area (Å²) in [6.07, 6.45) is 0.398. The summed E-state index contributed by atoms with van der Waals surface area (Å²) in [5, 5.41) is 3.33. The van der Waals surface area contributed by atoms with Crippen molar-refractivity contribution in [1.82, 2.24) is 5.32 Å². The number of ketones is 2. The highest BCUT2D eigenvalue weighted by atomic mass is 35.5. The van der Waals surface area contributed by atoms with Gasteiger partial charge in [0.15, 0.2) is 11.5 Å². The van der Waals surface area contributed by atoms with Crippen LogP contribution in [0.15, 0.2) is 30.3 Å². The number of hydrogen-bond acceptors (Lipinski definition) is 8. The smallest absolute Gasteiger partial charge is 0.232 e. The van der Waals surface area contributed by atoms with E-state index in [1.54, 1.807) is 21.1 Å². The molecule has 34 heavy (non-hydrogen) atoms. The van der Waals surface area contributed by atoms with E-state index in [0.29, 0.717) is 12.2 Å². The van der Waals surface area contributed by atoms with E-state index in [9.17, 15) is 9.59 Å². The lowest BCUT2D eigenvalue weighted by Crippen LogP contribution is -2.65. The third-order valence-electron chi connectivity index (χ3n) is 6.99. The summed E-state index contributed by atoms with van der Waals surface area (Å²) in [7, 11) is 6.22. The molecule has 2 aliphatic rings. The van der Waals surface area contributed by atoms with Gasteiger partial charge in [-0.15, -0.1) is 0 Å². The predicted octanol–water partition coefficient (Wildman–Crippen LogP) is 3.19. The van der Waals surface area contributed by atoms with E-state index in [4.69, 9.17) is 36.3 Å². The van der Waals surface area contributed by atoms with Crippen LogP contribution in [0.1, 0.15) is 35.3 Å². The molecule has 182 valence electrons. The maximum Gasteiger partial charge on any atom is 0.232 e. The summed E-state index contributed by atoms with van der Waals surface area (Å²) in [4.78, 5) is 28.2. The van der Waals surface area contributed by atoms with Gasteiger partial charge in [-0.25, -0.2) is 0 Å². The van der Waals surface area contributed by atoms with Gasteiger partial charge in [-0.1, -0.05) is 30.7 Å². The molecule has 3 unspecified atom stereocenters. The van der Waals surface area contributed by atoms with Gasteiger partial charge in [0.25, 0.3) is 0 Å². The Morgan fingerprint density at radius 2 is 1.85 bits per heavy atom. The van der Waals surface area contributed by atoms with Crippen molar-refractivity contribution < 1.29 is 28.5 Å². The number of hydrogen-bond donors (Lipinski definition) is 2. The second kappa shape index (κ2) is 9.09. The van der Waals surface area contributed by atoms with Crippen LogP contribution in [-0.4, -0.2) is 51.6 Å². The quantitative estimate of drug-likeness (QED) is 0.597. The molecule has 1 heterocycles. The number of benzene rings is 2. The number of Topliss-reactive ketones (excluding diaryl/α,β-unsaturated/α-hetero) is 2. The second-order valence-corrected chi connectivity index (χ2v) is 9.08. The summed E-state index contributed by atoms with van der Waals surface area (Å²) in [5.74, 6) is -0.809. The SMILES string of the molecule is CNC(c1cccc(OC)c1)C1C(=O)[C@@]2(Oc3c(Cl)c(OC)cc(OC)c3C2=O)[C@H](C)CC1N. The molecule has 9 heteroatoms. The molecule has 2 aromatic carbocycles. The van der Waals surface area contributed by atoms with Crippen molar-refractivity contribution in [2.75, 3.05) is 28.4 Å². The fourth-order valence-corrected chi connectivity index (χ4v) is 5.55. The Morgan fingerprint density at radius 1 is 1.15 bits per heavy atom. The fraction of sp³-hybridized carbons (Fsp3) is 0.440. The number of ether oxygens (including phenoxy) is 4. The zero-order valence-electron chi connectivity index (χ0n) is 19.8. The van der Waals surface area contributed by atoms with Gasteiger partial charge in [-0.3, -0.25) is 9.59 Å². The molecule has 0 bridgehead atoms. The summed E-state index contributed by atoms with van der Waals surface area (Å²) < 4.78 is 22.4. The van der Waals surface area contributed by atoms with E-state index in [0.717, 1.165) is 5.56 Å². The van der Waals surface area contributed by atoms with E-state index in [1.165, 1.54) is 20.3 Å². The molecule has 1 aliphatic carbocycles. The van der Waals surface area contributed by atoms with Crippen LogP contribution < -0.4 is 30.0 Å². The lowest BCUT2D eigenvalue weighted by molar-refractivity contribution is -0.144. The first-order chi connectivity index (χ1) is 16.2. The van der Waals surface area contributed by atoms with Gasteiger partial charge in [0.2, 0.25) is 11.4 Å². The van der Waals surface area contributed by atoms with Crippen LogP contribution in [-0.2, 0) is 4.79 Å². The van der Waals surface area contributed by atoms with Crippen LogP contribution in [0.5, 0.6) is 23.0 Å². The third-order valence-corrected chi connectivity index (χ3v) is 7.35. The van der Waals surface area contributed by atoms with E-state index in [-0.39, 0.29) is 33.6 Å². The highest BCUT2D eigenvalue weighted by molar-refractivity contribution is 6.36. The van der Waals surface area contributed by atoms with Crippen LogP contribution in [0.4, 0.5) is 0 Å². The van der Waals surface area contributed by atoms with Gasteiger partial charge >= 0.3 is 0 Å². The number of rotatable bonds is 6. The van der Waals surface area contributed by atoms with Crippen LogP contribution >= 0.6 is 11.6 Å². The van der Waals surface area contributed by atoms with Crippen LogP contribution in [0.2, 0.25) is 5.02 Å². The molecular formula is C25H29ClN2O6. The van der Waals surface area contributed by atoms with Crippen molar-refractivity contribution in [3.8, 4) is 23.0 Å². The Bertz CT molecular complexity index is 1140. The van der Waals surface area contributed by atoms with Gasteiger partial charge in [-0.05, 0) is 31.2 Å². The molecule has 0 aromatic heterocycles. The van der Waals surface area contributed by atoms with Crippen LogP contribution in [0.25, 0.3) is 0 Å². The zero-order valence-corrected chi connectivity index (χ0v) is 20.6. The Kier molecular flexibility index (Phi) is 6.50. The molecule has 0 radical (unpaired) electrons. The first-order valence-electron chi connectivity index (χ1n) is 11.0. The molecule has 0 saturated heterocycles. The minimum atomic E-state index is -1.76. The second-order valence-electron chi connectivity index (χ2n) is 8.70. The average molecular weight is 489 g/mol. The molecule has 4 rings (SSSR count). The standard InChI is InChI=1S/C25H29ClN2O6/c1-12-9-15(27)18(21(28-2)13-7-6-8-14(10-13)31-3)23(29)25(12)24(30)19-16(32-4)11-17(33-5)20(26)22(19)34-25/h6-8,10-12,15,18,21,28H,9,27H2,1-5H3/t12-,15?,18?,21?,25+/m1/s1. The molecule has 0 amide bonds. The van der Waals surface area contributed by atoms with E-state index in [1.807, 2.05) is 24.3 Å². The van der Waals surface area contributed by atoms with Gasteiger partial charge in [0.1, 0.15) is 27.8 Å². The van der Waals surface area contributed by atoms with Gasteiger partial charge in [-0.2, -0.15) is 0 Å². The molecule has 1 spiro atoms. The van der Waals surface area contributed by atoms with E-state index >= 15 is 0 Å². The van der Waals surface area contributed by atoms with E-state index < -0.39 is 35.3 Å². The van der Waals surface area contributed by atoms with Crippen LogP contribution in [0, 0.1) is 11.8 Å². The Balaban J connectivity index is 1.83. The van der Waals surface area contributed by atoms with Crippen molar-refractivity contribution in [1.29, 1.82) is 0 Å². The zero-order chi connectivity index (χ0) is 24.8. The Morgan fingerprint density at radius 3 is 2.47 bits per heavy atom. The number of nitrogens with one attached hydrogen (secondary N) is 1. The van der Waals surface area contributed by atoms with Crippen molar-refractivity contribution in [3.63, 3.8) is 0 Å². The maximum atomic E-state index is 14.2. The monoisotopic (exact) mass is 488 g/mol. The number of nitrogens with two attached hydrogens (primary N) is 1. The minimum Gasteiger partial charge on any atom is -0.497 e. The number of halogens is 1. The summed E-state index contributed by atoms with van der Waals surface area (Å²) in [6.45, 7) is 1.80. The minimum absolute atomic E-state index is 0.0969. The average Bonchev–Trinajstić information content (AvgIpc) is 3.16. The molecule has 1 fully saturated rings. The summed E-state index contributed by atoms with van der Waals surface area (Å²) in [5.41, 5.74) is 5.75. The predicted molar refractivity (Wildman–Crippen MR) is 127 cm³/mol. The van der Waals surface area contributed by atoms with E-state index in [2.05, 4.69) is 5.32 Å². The normalized spacial score (nSPS) is 26.7. The van der Waals surface area contributed by atoms with Gasteiger partial charge in [0.05, 0.1) is 27.2 Å².